The fraction of sp³-hybridized carbons (Fsp3) is 0.500. The second-order valence-electron chi connectivity index (χ2n) is 4.49. The average molecular weight is 284 g/mol. The van der Waals surface area contributed by atoms with E-state index in [-0.39, 0.29) is 24.0 Å². The van der Waals surface area contributed by atoms with E-state index >= 15 is 0 Å². The van der Waals surface area contributed by atoms with Crippen molar-refractivity contribution in [1.29, 1.82) is 0 Å². The normalized spacial score (nSPS) is 21.0. The number of aromatic nitrogens is 1. The molecule has 0 radical (unpaired) electrons. The van der Waals surface area contributed by atoms with Crippen LogP contribution in [0.25, 0.3) is 0 Å². The van der Waals surface area contributed by atoms with Crippen LogP contribution < -0.4 is 10.1 Å². The van der Waals surface area contributed by atoms with Crippen molar-refractivity contribution in [2.24, 2.45) is 5.92 Å². The van der Waals surface area contributed by atoms with Crippen LogP contribution in [0.5, 0.6) is 5.88 Å². The summed E-state index contributed by atoms with van der Waals surface area (Å²) in [6, 6.07) is 3.56. The molecule has 2 heterocycles. The van der Waals surface area contributed by atoms with Crippen LogP contribution in [0.3, 0.4) is 0 Å². The first-order chi connectivity index (χ1) is 9.02. The summed E-state index contributed by atoms with van der Waals surface area (Å²) in [4.78, 5) is 15.9. The van der Waals surface area contributed by atoms with Gasteiger partial charge in [0.15, 0.2) is 9.84 Å². The van der Waals surface area contributed by atoms with Gasteiger partial charge in [0, 0.05) is 18.3 Å². The Labute approximate surface area is 112 Å². The maximum absolute atomic E-state index is 11.9. The van der Waals surface area contributed by atoms with Crippen LogP contribution in [0, 0.1) is 5.92 Å². The Morgan fingerprint density at radius 3 is 3.00 bits per heavy atom. The van der Waals surface area contributed by atoms with Crippen LogP contribution in [0.15, 0.2) is 18.3 Å². The topological polar surface area (TPSA) is 85.4 Å². The smallest absolute Gasteiger partial charge is 0.224 e. The summed E-state index contributed by atoms with van der Waals surface area (Å²) in [5.74, 6) is -0.161. The minimum atomic E-state index is -3.03. The molecule has 0 bridgehead atoms. The highest BCUT2D eigenvalue weighted by atomic mass is 32.2. The summed E-state index contributed by atoms with van der Waals surface area (Å²) in [7, 11) is -1.52. The highest BCUT2D eigenvalue weighted by molar-refractivity contribution is 7.91. The third-order valence-electron chi connectivity index (χ3n) is 3.10. The number of nitrogens with one attached hydrogen (secondary N) is 1. The van der Waals surface area contributed by atoms with Crippen molar-refractivity contribution in [2.75, 3.05) is 18.6 Å². The summed E-state index contributed by atoms with van der Waals surface area (Å²) >= 11 is 0. The van der Waals surface area contributed by atoms with Crippen molar-refractivity contribution >= 4 is 15.7 Å². The second-order valence-corrected chi connectivity index (χ2v) is 6.72. The van der Waals surface area contributed by atoms with Gasteiger partial charge < -0.3 is 10.1 Å². The lowest BCUT2D eigenvalue weighted by Gasteiger charge is -2.11. The second kappa shape index (κ2) is 5.56. The molecule has 1 aliphatic heterocycles. The van der Waals surface area contributed by atoms with E-state index in [0.717, 1.165) is 5.56 Å². The molecule has 7 heteroatoms. The number of hydrogen-bond donors (Lipinski definition) is 1. The Bertz CT molecular complexity index is 571. The maximum atomic E-state index is 11.9. The monoisotopic (exact) mass is 284 g/mol. The van der Waals surface area contributed by atoms with E-state index in [2.05, 4.69) is 10.3 Å². The molecule has 1 aromatic heterocycles. The van der Waals surface area contributed by atoms with E-state index in [0.29, 0.717) is 12.3 Å². The Hall–Kier alpha value is -1.63. The van der Waals surface area contributed by atoms with Gasteiger partial charge in [0.05, 0.1) is 24.5 Å². The first-order valence-corrected chi connectivity index (χ1v) is 7.80. The number of carbonyl (C=O) groups excluding carboxylic acids is 1. The zero-order valence-electron chi connectivity index (χ0n) is 10.6. The van der Waals surface area contributed by atoms with Crippen LogP contribution in [-0.2, 0) is 21.2 Å². The molecule has 1 N–H and O–H groups in total. The molecule has 0 aromatic carbocycles. The SMILES string of the molecule is COc1ncccc1CNC(=O)C1CCS(=O)(=O)C1. The summed E-state index contributed by atoms with van der Waals surface area (Å²) in [5, 5.41) is 2.73. The molecular formula is C12H16N2O4S. The predicted octanol–water partition coefficient (Wildman–Crippen LogP) is 0.141. The Morgan fingerprint density at radius 2 is 2.37 bits per heavy atom. The lowest BCUT2D eigenvalue weighted by atomic mass is 10.1. The van der Waals surface area contributed by atoms with E-state index in [9.17, 15) is 13.2 Å². The highest BCUT2D eigenvalue weighted by Crippen LogP contribution is 2.19. The number of carbonyl (C=O) groups is 1. The quantitative estimate of drug-likeness (QED) is 0.850. The minimum absolute atomic E-state index is 0.0526. The van der Waals surface area contributed by atoms with E-state index in [1.807, 2.05) is 0 Å². The van der Waals surface area contributed by atoms with Crippen LogP contribution in [0.1, 0.15) is 12.0 Å². The minimum Gasteiger partial charge on any atom is -0.481 e. The van der Waals surface area contributed by atoms with Gasteiger partial charge in [-0.3, -0.25) is 4.79 Å². The van der Waals surface area contributed by atoms with Gasteiger partial charge in [0.2, 0.25) is 11.8 Å². The molecule has 1 atom stereocenters. The van der Waals surface area contributed by atoms with Gasteiger partial charge >= 0.3 is 0 Å². The molecule has 1 unspecified atom stereocenters. The van der Waals surface area contributed by atoms with Crippen LogP contribution in [0.2, 0.25) is 0 Å². The number of rotatable bonds is 4. The van der Waals surface area contributed by atoms with Gasteiger partial charge in [0.1, 0.15) is 0 Å². The summed E-state index contributed by atoms with van der Waals surface area (Å²) < 4.78 is 27.7. The molecule has 1 amide bonds. The number of nitrogens with zero attached hydrogens (tertiary/aromatic N) is 1. The lowest BCUT2D eigenvalue weighted by molar-refractivity contribution is -0.124. The van der Waals surface area contributed by atoms with Crippen LogP contribution in [-0.4, -0.2) is 37.9 Å². The largest absolute Gasteiger partial charge is 0.481 e. The molecule has 1 aliphatic rings. The van der Waals surface area contributed by atoms with Gasteiger partial charge in [-0.1, -0.05) is 6.07 Å². The molecule has 104 valence electrons. The van der Waals surface area contributed by atoms with E-state index in [1.165, 1.54) is 7.11 Å². The van der Waals surface area contributed by atoms with Gasteiger partial charge in [-0.25, -0.2) is 13.4 Å². The third-order valence-corrected chi connectivity index (χ3v) is 4.87. The van der Waals surface area contributed by atoms with Gasteiger partial charge in [-0.15, -0.1) is 0 Å². The number of methoxy groups -OCH3 is 1. The fourth-order valence-corrected chi connectivity index (χ4v) is 3.81. The van der Waals surface area contributed by atoms with E-state index in [4.69, 9.17) is 4.74 Å². The molecule has 1 fully saturated rings. The van der Waals surface area contributed by atoms with Crippen molar-refractivity contribution < 1.29 is 17.9 Å². The van der Waals surface area contributed by atoms with E-state index in [1.54, 1.807) is 18.3 Å². The zero-order chi connectivity index (χ0) is 13.9. The number of sulfone groups is 1. The third kappa shape index (κ3) is 3.44. The number of pyridine rings is 1. The van der Waals surface area contributed by atoms with Crippen molar-refractivity contribution in [3.63, 3.8) is 0 Å². The lowest BCUT2D eigenvalue weighted by Crippen LogP contribution is -2.31. The first-order valence-electron chi connectivity index (χ1n) is 5.98. The van der Waals surface area contributed by atoms with Crippen molar-refractivity contribution in [2.45, 2.75) is 13.0 Å². The number of amides is 1. The number of ether oxygens (including phenoxy) is 1. The maximum Gasteiger partial charge on any atom is 0.224 e. The molecule has 1 aromatic rings. The highest BCUT2D eigenvalue weighted by Gasteiger charge is 2.32. The van der Waals surface area contributed by atoms with Crippen molar-refractivity contribution in [1.82, 2.24) is 10.3 Å². The van der Waals surface area contributed by atoms with Gasteiger partial charge in [-0.05, 0) is 12.5 Å². The zero-order valence-corrected chi connectivity index (χ0v) is 11.4. The molecule has 1 saturated heterocycles. The Kier molecular flexibility index (Phi) is 4.04. The van der Waals surface area contributed by atoms with Gasteiger partial charge in [-0.2, -0.15) is 0 Å². The fourth-order valence-electron chi connectivity index (χ4n) is 2.07. The molecular weight excluding hydrogens is 268 g/mol. The van der Waals surface area contributed by atoms with Crippen molar-refractivity contribution in [3.8, 4) is 5.88 Å². The van der Waals surface area contributed by atoms with Crippen LogP contribution >= 0.6 is 0 Å². The Morgan fingerprint density at radius 1 is 1.58 bits per heavy atom. The molecule has 0 spiro atoms. The predicted molar refractivity (Wildman–Crippen MR) is 69.4 cm³/mol. The molecule has 0 saturated carbocycles. The summed E-state index contributed by atoms with van der Waals surface area (Å²) in [6.45, 7) is 0.284. The van der Waals surface area contributed by atoms with Crippen molar-refractivity contribution in [3.05, 3.63) is 23.9 Å². The average Bonchev–Trinajstić information content (AvgIpc) is 2.76. The van der Waals surface area contributed by atoms with Gasteiger partial charge in [0.25, 0.3) is 0 Å². The summed E-state index contributed by atoms with van der Waals surface area (Å²) in [5.41, 5.74) is 0.763. The van der Waals surface area contributed by atoms with E-state index < -0.39 is 15.8 Å². The molecule has 2 rings (SSSR count). The number of hydrogen-bond acceptors (Lipinski definition) is 5. The Balaban J connectivity index is 1.94. The van der Waals surface area contributed by atoms with Crippen LogP contribution in [0.4, 0.5) is 0 Å². The molecule has 0 aliphatic carbocycles. The molecule has 6 nitrogen and oxygen atoms in total. The standard InChI is InChI=1S/C12H16N2O4S/c1-18-12-9(3-2-5-13-12)7-14-11(15)10-4-6-19(16,17)8-10/h2-3,5,10H,4,6-8H2,1H3,(H,14,15). The first kappa shape index (κ1) is 13.8. The molecule has 19 heavy (non-hydrogen) atoms. The summed E-state index contributed by atoms with van der Waals surface area (Å²) in [6.07, 6.45) is 2.01.